The highest BCUT2D eigenvalue weighted by Gasteiger charge is 2.12. The minimum absolute atomic E-state index is 0.0233. The highest BCUT2D eigenvalue weighted by Crippen LogP contribution is 2.26. The van der Waals surface area contributed by atoms with E-state index in [9.17, 15) is 4.39 Å². The predicted octanol–water partition coefficient (Wildman–Crippen LogP) is 4.24. The third-order valence-electron chi connectivity index (χ3n) is 2.88. The molecule has 5 heteroatoms. The molecule has 3 nitrogen and oxygen atoms in total. The Balaban J connectivity index is 2.34. The normalized spacial score (nSPS) is 11.7. The lowest BCUT2D eigenvalue weighted by atomic mass is 10.1. The molecule has 1 aromatic heterocycles. The van der Waals surface area contributed by atoms with Crippen molar-refractivity contribution in [3.8, 4) is 11.4 Å². The van der Waals surface area contributed by atoms with Crippen LogP contribution in [0.25, 0.3) is 11.4 Å². The number of nitrogens with one attached hydrogen (secondary N) is 1. The summed E-state index contributed by atoms with van der Waals surface area (Å²) < 4.78 is 13.8. The van der Waals surface area contributed by atoms with Crippen molar-refractivity contribution < 1.29 is 4.39 Å². The van der Waals surface area contributed by atoms with Gasteiger partial charge in [-0.1, -0.05) is 0 Å². The molecule has 0 radical (unpaired) electrons. The van der Waals surface area contributed by atoms with Crippen LogP contribution in [0.4, 0.5) is 4.39 Å². The van der Waals surface area contributed by atoms with Gasteiger partial charge in [0.15, 0.2) is 5.82 Å². The van der Waals surface area contributed by atoms with Crippen molar-refractivity contribution in [2.75, 3.05) is 0 Å². The average molecular weight is 352 g/mol. The number of aromatic nitrogens is 2. The molecule has 1 aromatic carbocycles. The van der Waals surface area contributed by atoms with Crippen LogP contribution >= 0.6 is 15.9 Å². The number of benzene rings is 1. The highest BCUT2D eigenvalue weighted by molar-refractivity contribution is 9.10. The smallest absolute Gasteiger partial charge is 0.160 e. The summed E-state index contributed by atoms with van der Waals surface area (Å²) in [5, 5.41) is 3.41. The van der Waals surface area contributed by atoms with Gasteiger partial charge in [-0.05, 0) is 67.9 Å². The molecular weight excluding hydrogens is 333 g/mol. The van der Waals surface area contributed by atoms with Gasteiger partial charge in [-0.3, -0.25) is 0 Å². The van der Waals surface area contributed by atoms with E-state index in [1.807, 2.05) is 13.0 Å². The van der Waals surface area contributed by atoms with Gasteiger partial charge in [0.25, 0.3) is 0 Å². The van der Waals surface area contributed by atoms with Crippen molar-refractivity contribution in [2.45, 2.75) is 39.8 Å². The molecule has 1 N–H and O–H groups in total. The fourth-order valence-corrected chi connectivity index (χ4v) is 2.40. The first-order chi connectivity index (χ1) is 9.74. The lowest BCUT2D eigenvalue weighted by Gasteiger charge is -2.20. The van der Waals surface area contributed by atoms with Crippen molar-refractivity contribution >= 4 is 15.9 Å². The topological polar surface area (TPSA) is 37.8 Å². The molecule has 0 spiro atoms. The average Bonchev–Trinajstić information content (AvgIpc) is 2.35. The van der Waals surface area contributed by atoms with Gasteiger partial charge in [0.1, 0.15) is 5.82 Å². The maximum atomic E-state index is 13.2. The number of hydrogen-bond donors (Lipinski definition) is 1. The molecule has 0 aliphatic rings. The summed E-state index contributed by atoms with van der Waals surface area (Å²) in [6.45, 7) is 8.93. The van der Waals surface area contributed by atoms with Crippen molar-refractivity contribution in [3.05, 3.63) is 45.9 Å². The lowest BCUT2D eigenvalue weighted by molar-refractivity contribution is 0.421. The van der Waals surface area contributed by atoms with Gasteiger partial charge >= 0.3 is 0 Å². The number of nitrogens with zero attached hydrogens (tertiary/aromatic N) is 2. The zero-order chi connectivity index (χ0) is 15.6. The molecule has 21 heavy (non-hydrogen) atoms. The van der Waals surface area contributed by atoms with E-state index in [1.54, 1.807) is 6.07 Å². The highest BCUT2D eigenvalue weighted by atomic mass is 79.9. The van der Waals surface area contributed by atoms with Crippen LogP contribution in [-0.4, -0.2) is 15.5 Å². The van der Waals surface area contributed by atoms with Crippen molar-refractivity contribution in [1.82, 2.24) is 15.3 Å². The van der Waals surface area contributed by atoms with Crippen LogP contribution < -0.4 is 5.32 Å². The summed E-state index contributed by atoms with van der Waals surface area (Å²) in [6, 6.07) is 6.49. The number of halogens is 2. The van der Waals surface area contributed by atoms with E-state index < -0.39 is 0 Å². The van der Waals surface area contributed by atoms with Gasteiger partial charge in [-0.15, -0.1) is 0 Å². The molecule has 0 atom stereocenters. The Kier molecular flexibility index (Phi) is 4.74. The van der Waals surface area contributed by atoms with E-state index in [2.05, 4.69) is 52.0 Å². The first kappa shape index (κ1) is 16.0. The third-order valence-corrected chi connectivity index (χ3v) is 3.54. The molecule has 0 saturated carbocycles. The Bertz CT molecular complexity index is 650. The molecule has 0 unspecified atom stereocenters. The number of rotatable bonds is 3. The van der Waals surface area contributed by atoms with Crippen LogP contribution in [0.2, 0.25) is 0 Å². The van der Waals surface area contributed by atoms with E-state index in [1.165, 1.54) is 12.1 Å². The second kappa shape index (κ2) is 6.20. The van der Waals surface area contributed by atoms with Crippen LogP contribution in [0.1, 0.15) is 32.2 Å². The monoisotopic (exact) mass is 351 g/mol. The van der Waals surface area contributed by atoms with Crippen LogP contribution in [0.3, 0.4) is 0 Å². The molecule has 0 amide bonds. The summed E-state index contributed by atoms with van der Waals surface area (Å²) in [5.74, 6) is 0.320. The maximum Gasteiger partial charge on any atom is 0.160 e. The van der Waals surface area contributed by atoms with E-state index in [-0.39, 0.29) is 11.4 Å². The van der Waals surface area contributed by atoms with Crippen molar-refractivity contribution in [3.63, 3.8) is 0 Å². The molecule has 1 heterocycles. The molecule has 2 rings (SSSR count). The van der Waals surface area contributed by atoms with Gasteiger partial charge in [0.2, 0.25) is 0 Å². The molecule has 0 aliphatic heterocycles. The third kappa shape index (κ3) is 4.58. The second-order valence-corrected chi connectivity index (χ2v) is 6.91. The minimum Gasteiger partial charge on any atom is -0.306 e. The summed E-state index contributed by atoms with van der Waals surface area (Å²) in [7, 11) is 0. The second-order valence-electron chi connectivity index (χ2n) is 6.05. The van der Waals surface area contributed by atoms with Crippen LogP contribution in [0.15, 0.2) is 28.7 Å². The Hall–Kier alpha value is -1.33. The molecule has 0 aliphatic carbocycles. The van der Waals surface area contributed by atoms with E-state index in [0.717, 1.165) is 17.0 Å². The summed E-state index contributed by atoms with van der Waals surface area (Å²) in [6.07, 6.45) is 0. The van der Waals surface area contributed by atoms with Crippen LogP contribution in [0.5, 0.6) is 0 Å². The van der Waals surface area contributed by atoms with Crippen LogP contribution in [0, 0.1) is 12.7 Å². The zero-order valence-electron chi connectivity index (χ0n) is 12.7. The van der Waals surface area contributed by atoms with E-state index in [0.29, 0.717) is 16.8 Å². The quantitative estimate of drug-likeness (QED) is 0.898. The first-order valence-electron chi connectivity index (χ1n) is 6.79. The van der Waals surface area contributed by atoms with Gasteiger partial charge < -0.3 is 5.32 Å². The molecule has 2 aromatic rings. The zero-order valence-corrected chi connectivity index (χ0v) is 14.3. The largest absolute Gasteiger partial charge is 0.306 e. The Morgan fingerprint density at radius 1 is 1.19 bits per heavy atom. The summed E-state index contributed by atoms with van der Waals surface area (Å²) in [5.41, 5.74) is 2.62. The van der Waals surface area contributed by atoms with Gasteiger partial charge in [-0.2, -0.15) is 0 Å². The maximum absolute atomic E-state index is 13.2. The van der Waals surface area contributed by atoms with E-state index >= 15 is 0 Å². The SMILES string of the molecule is Cc1cc(CNC(C)(C)C)nc(-c2ccc(F)cc2Br)n1. The standard InChI is InChI=1S/C16H19BrFN3/c1-10-7-12(9-19-16(2,3)4)21-15(20-10)13-6-5-11(18)8-14(13)17/h5-8,19H,9H2,1-4H3. The lowest BCUT2D eigenvalue weighted by Crippen LogP contribution is -2.35. The summed E-state index contributed by atoms with van der Waals surface area (Å²) >= 11 is 3.37. The van der Waals surface area contributed by atoms with E-state index in [4.69, 9.17) is 0 Å². The molecule has 0 bridgehead atoms. The molecular formula is C16H19BrFN3. The Morgan fingerprint density at radius 3 is 2.52 bits per heavy atom. The molecule has 0 saturated heterocycles. The molecule has 112 valence electrons. The van der Waals surface area contributed by atoms with Gasteiger partial charge in [0.05, 0.1) is 5.69 Å². The molecule has 0 fully saturated rings. The fraction of sp³-hybridized carbons (Fsp3) is 0.375. The van der Waals surface area contributed by atoms with Crippen LogP contribution in [-0.2, 0) is 6.54 Å². The fourth-order valence-electron chi connectivity index (χ4n) is 1.87. The Morgan fingerprint density at radius 2 is 1.90 bits per heavy atom. The minimum atomic E-state index is -0.284. The van der Waals surface area contributed by atoms with Gasteiger partial charge in [-0.25, -0.2) is 14.4 Å². The van der Waals surface area contributed by atoms with Crippen molar-refractivity contribution in [2.24, 2.45) is 0 Å². The number of aryl methyl sites for hydroxylation is 1. The Labute approximate surface area is 133 Å². The predicted molar refractivity (Wildman–Crippen MR) is 86.5 cm³/mol. The van der Waals surface area contributed by atoms with Gasteiger partial charge in [0, 0.05) is 27.8 Å². The van der Waals surface area contributed by atoms with Crippen molar-refractivity contribution in [1.29, 1.82) is 0 Å². The first-order valence-corrected chi connectivity index (χ1v) is 7.59. The summed E-state index contributed by atoms with van der Waals surface area (Å²) in [4.78, 5) is 9.02. The number of hydrogen-bond acceptors (Lipinski definition) is 3.